The second kappa shape index (κ2) is 18.5. The number of sulfonamides is 1. The number of aromatic nitrogens is 2. The van der Waals surface area contributed by atoms with Crippen LogP contribution >= 0.6 is 15.9 Å². The maximum atomic E-state index is 14.2. The quantitative estimate of drug-likeness (QED) is 0.0745. The van der Waals surface area contributed by atoms with E-state index in [0.717, 1.165) is 11.0 Å². The Labute approximate surface area is 340 Å². The number of hydrogen-bond donors (Lipinski definition) is 7. The Morgan fingerprint density at radius 3 is 2.53 bits per heavy atom. The predicted octanol–water partition coefficient (Wildman–Crippen LogP) is 1.31. The number of fused-ring (bicyclic) bond motifs is 1. The minimum atomic E-state index is -3.66. The number of carbonyl (C=O) groups is 5. The average molecular weight is 890 g/mol. The zero-order chi connectivity index (χ0) is 41.6. The van der Waals surface area contributed by atoms with E-state index in [1.54, 1.807) is 18.2 Å². The summed E-state index contributed by atoms with van der Waals surface area (Å²) in [6.45, 7) is 0.883. The molecule has 0 spiro atoms. The summed E-state index contributed by atoms with van der Waals surface area (Å²) in [5, 5.41) is 24.9. The van der Waals surface area contributed by atoms with Gasteiger partial charge in [0.15, 0.2) is 6.23 Å². The van der Waals surface area contributed by atoms with Gasteiger partial charge in [-0.05, 0) is 53.4 Å². The Morgan fingerprint density at radius 1 is 1.05 bits per heavy atom. The molecule has 2 unspecified atom stereocenters. The highest BCUT2D eigenvalue weighted by Crippen LogP contribution is 2.38. The fourth-order valence-electron chi connectivity index (χ4n) is 6.87. The van der Waals surface area contributed by atoms with Crippen LogP contribution in [0.5, 0.6) is 0 Å². The SMILES string of the molecule is NC(=O)c1c(F)cccc1Nc1nc(NC2CCN(S(=O)(=O)CCNC(=O)CCOCCNc3cccc4c3C(=O)N(C3CCC(=O)NC3=O)C4O)CC2)ncc1Br. The van der Waals surface area contributed by atoms with Crippen molar-refractivity contribution in [1.82, 2.24) is 29.8 Å². The number of hydrogen-bond acceptors (Lipinski definition) is 14. The average Bonchev–Trinajstić information content (AvgIpc) is 3.43. The molecule has 0 aliphatic carbocycles. The van der Waals surface area contributed by atoms with Crippen LogP contribution in [-0.4, -0.2) is 119 Å². The van der Waals surface area contributed by atoms with Gasteiger partial charge in [0, 0.05) is 62.5 Å². The summed E-state index contributed by atoms with van der Waals surface area (Å²) in [5.41, 5.74) is 6.16. The summed E-state index contributed by atoms with van der Waals surface area (Å²) < 4.78 is 47.7. The van der Waals surface area contributed by atoms with Crippen LogP contribution in [0.2, 0.25) is 0 Å². The Hall–Kier alpha value is -5.29. The first kappa shape index (κ1) is 42.3. The van der Waals surface area contributed by atoms with Crippen molar-refractivity contribution in [2.45, 2.75) is 50.4 Å². The van der Waals surface area contributed by atoms with Crippen molar-refractivity contribution in [2.75, 3.05) is 61.1 Å². The van der Waals surface area contributed by atoms with E-state index in [2.05, 4.69) is 52.5 Å². The number of rotatable bonds is 17. The van der Waals surface area contributed by atoms with Crippen molar-refractivity contribution in [1.29, 1.82) is 0 Å². The van der Waals surface area contributed by atoms with Crippen molar-refractivity contribution in [3.8, 4) is 0 Å². The molecule has 8 N–H and O–H groups in total. The molecule has 4 heterocycles. The van der Waals surface area contributed by atoms with Gasteiger partial charge in [-0.2, -0.15) is 4.98 Å². The number of halogens is 2. The number of aliphatic hydroxyl groups excluding tert-OH is 1. The number of amides is 5. The highest BCUT2D eigenvalue weighted by molar-refractivity contribution is 9.10. The van der Waals surface area contributed by atoms with E-state index in [4.69, 9.17) is 10.5 Å². The Balaban J connectivity index is 0.876. The molecule has 58 heavy (non-hydrogen) atoms. The monoisotopic (exact) mass is 888 g/mol. The molecule has 19 nitrogen and oxygen atoms in total. The third kappa shape index (κ3) is 9.86. The fourth-order valence-corrected chi connectivity index (χ4v) is 8.55. The summed E-state index contributed by atoms with van der Waals surface area (Å²) in [7, 11) is -3.66. The van der Waals surface area contributed by atoms with Crippen LogP contribution in [0.1, 0.15) is 64.6 Å². The minimum absolute atomic E-state index is 0.00660. The van der Waals surface area contributed by atoms with E-state index in [-0.39, 0.29) is 105 Å². The largest absolute Gasteiger partial charge is 0.382 e. The number of nitrogens with two attached hydrogens (primary N) is 1. The first-order chi connectivity index (χ1) is 27.7. The number of piperidine rings is 2. The van der Waals surface area contributed by atoms with Crippen LogP contribution in [0, 0.1) is 5.82 Å². The molecule has 22 heteroatoms. The van der Waals surface area contributed by atoms with Gasteiger partial charge in [0.1, 0.15) is 17.7 Å². The minimum Gasteiger partial charge on any atom is -0.382 e. The van der Waals surface area contributed by atoms with Crippen LogP contribution in [0.15, 0.2) is 47.1 Å². The van der Waals surface area contributed by atoms with Crippen LogP contribution in [0.25, 0.3) is 0 Å². The molecule has 6 rings (SSSR count). The number of aliphatic hydroxyl groups is 1. The number of imide groups is 1. The molecule has 3 aliphatic heterocycles. The van der Waals surface area contributed by atoms with Crippen molar-refractivity contribution < 1.29 is 46.6 Å². The number of ether oxygens (including phenoxy) is 1. The molecule has 2 atom stereocenters. The number of nitrogens with zero attached hydrogens (tertiary/aromatic N) is 4. The lowest BCUT2D eigenvalue weighted by atomic mass is 10.0. The van der Waals surface area contributed by atoms with E-state index in [9.17, 15) is 41.9 Å². The second-order valence-corrected chi connectivity index (χ2v) is 16.6. The first-order valence-electron chi connectivity index (χ1n) is 18.4. The highest BCUT2D eigenvalue weighted by atomic mass is 79.9. The number of anilines is 4. The van der Waals surface area contributed by atoms with Gasteiger partial charge in [0.05, 0.1) is 40.3 Å². The van der Waals surface area contributed by atoms with Gasteiger partial charge in [0.25, 0.3) is 11.8 Å². The molecule has 0 saturated carbocycles. The molecule has 2 fully saturated rings. The second-order valence-electron chi connectivity index (χ2n) is 13.6. The summed E-state index contributed by atoms with van der Waals surface area (Å²) in [4.78, 5) is 71.2. The van der Waals surface area contributed by atoms with Crippen LogP contribution in [-0.2, 0) is 29.1 Å². The smallest absolute Gasteiger partial charge is 0.259 e. The fraction of sp³-hybridized carbons (Fsp3) is 0.417. The highest BCUT2D eigenvalue weighted by Gasteiger charge is 2.45. The van der Waals surface area contributed by atoms with Crippen LogP contribution in [0.3, 0.4) is 0 Å². The molecule has 1 aromatic heterocycles. The van der Waals surface area contributed by atoms with E-state index in [1.807, 2.05) is 0 Å². The number of nitrogens with one attached hydrogen (secondary N) is 5. The number of benzene rings is 2. The van der Waals surface area contributed by atoms with E-state index in [0.29, 0.717) is 28.6 Å². The molecule has 2 saturated heterocycles. The van der Waals surface area contributed by atoms with Gasteiger partial charge in [-0.25, -0.2) is 22.1 Å². The maximum Gasteiger partial charge on any atom is 0.259 e. The molecule has 2 aromatic carbocycles. The summed E-state index contributed by atoms with van der Waals surface area (Å²) >= 11 is 3.34. The van der Waals surface area contributed by atoms with Gasteiger partial charge in [0.2, 0.25) is 33.7 Å². The molecular weight excluding hydrogens is 847 g/mol. The maximum absolute atomic E-state index is 14.2. The van der Waals surface area contributed by atoms with Gasteiger partial charge < -0.3 is 36.8 Å². The summed E-state index contributed by atoms with van der Waals surface area (Å²) in [6, 6.07) is 7.83. The van der Waals surface area contributed by atoms with Crippen molar-refractivity contribution in [3.63, 3.8) is 0 Å². The number of carbonyl (C=O) groups excluding carboxylic acids is 5. The summed E-state index contributed by atoms with van der Waals surface area (Å²) in [6.07, 6.45) is 1.21. The predicted molar refractivity (Wildman–Crippen MR) is 211 cm³/mol. The number of primary amides is 1. The van der Waals surface area contributed by atoms with Crippen molar-refractivity contribution in [2.24, 2.45) is 5.73 Å². The van der Waals surface area contributed by atoms with Crippen LogP contribution < -0.4 is 32.3 Å². The molecule has 0 bridgehead atoms. The Kier molecular flexibility index (Phi) is 13.5. The van der Waals surface area contributed by atoms with Crippen molar-refractivity contribution >= 4 is 78.6 Å². The molecule has 3 aliphatic rings. The van der Waals surface area contributed by atoms with E-state index < -0.39 is 51.7 Å². The van der Waals surface area contributed by atoms with Gasteiger partial charge in [-0.1, -0.05) is 18.2 Å². The molecular formula is C36H42BrFN10O9S. The standard InChI is InChI=1S/C36H42BrFN10O9S/c37-22-19-42-36(46-32(22)44-25-6-2-4-23(38)30(25)31(39)51)43-20-9-14-47(15-10-20)58(55,56)18-13-41-27(49)11-16-57-17-12-40-24-5-1-3-21-29(24)35(54)48(34(21)53)26-7-8-28(50)45-33(26)52/h1-6,19-20,26,34,40,53H,7-18H2,(H2,39,51)(H,41,49)(H,45,50,52)(H2,42,43,44,46). The lowest BCUT2D eigenvalue weighted by molar-refractivity contribution is -0.139. The third-order valence-corrected chi connectivity index (χ3v) is 12.2. The Morgan fingerprint density at radius 2 is 1.79 bits per heavy atom. The first-order valence-corrected chi connectivity index (χ1v) is 20.8. The van der Waals surface area contributed by atoms with E-state index in [1.165, 1.54) is 22.6 Å². The molecule has 0 radical (unpaired) electrons. The molecule has 5 amide bonds. The molecule has 3 aromatic rings. The van der Waals surface area contributed by atoms with E-state index >= 15 is 0 Å². The topological polar surface area (TPSA) is 267 Å². The van der Waals surface area contributed by atoms with Crippen molar-refractivity contribution in [3.05, 3.63) is 69.6 Å². The zero-order valence-corrected chi connectivity index (χ0v) is 33.4. The van der Waals surface area contributed by atoms with Gasteiger partial charge in [-0.3, -0.25) is 34.2 Å². The molecule has 310 valence electrons. The normalized spacial score (nSPS) is 18.7. The zero-order valence-electron chi connectivity index (χ0n) is 31.0. The third-order valence-electron chi connectivity index (χ3n) is 9.79. The lowest BCUT2D eigenvalue weighted by Crippen LogP contribution is -2.53. The van der Waals surface area contributed by atoms with Crippen LogP contribution in [0.4, 0.5) is 27.5 Å². The summed E-state index contributed by atoms with van der Waals surface area (Å²) in [5.74, 6) is -3.49. The Bertz CT molecular complexity index is 2190. The van der Waals surface area contributed by atoms with Gasteiger partial charge in [-0.15, -0.1) is 0 Å². The lowest BCUT2D eigenvalue weighted by Gasteiger charge is -2.31. The van der Waals surface area contributed by atoms with Gasteiger partial charge >= 0.3 is 0 Å².